The molecule has 0 spiro atoms. The number of hydrogen-bond donors (Lipinski definition) is 0. The molecule has 20 heavy (non-hydrogen) atoms. The summed E-state index contributed by atoms with van der Waals surface area (Å²) in [5.41, 5.74) is 1.08. The monoisotopic (exact) mass is 307 g/mol. The highest BCUT2D eigenvalue weighted by atomic mass is 35.5. The number of nitrogens with zero attached hydrogens (tertiary/aromatic N) is 2. The second kappa shape index (κ2) is 5.01. The predicted octanol–water partition coefficient (Wildman–Crippen LogP) is 2.80. The average Bonchev–Trinajstić information content (AvgIpc) is 2.44. The summed E-state index contributed by atoms with van der Waals surface area (Å²) < 4.78 is 1.98. The van der Waals surface area contributed by atoms with Crippen molar-refractivity contribution in [3.8, 4) is 0 Å². The van der Waals surface area contributed by atoms with Gasteiger partial charge in [0.1, 0.15) is 7.05 Å². The standard InChI is InChI=1S/C16H17Cl2N2/c1-4-13-9(2)7-12-11-8-10(17)5-6-14(11)20(3)16(18)15(12)19-13/h5-9,13H,4H2,1-3H3/q+1. The Labute approximate surface area is 128 Å². The van der Waals surface area contributed by atoms with Crippen LogP contribution in [-0.2, 0) is 7.05 Å². The minimum Gasteiger partial charge on any atom is -0.273 e. The van der Waals surface area contributed by atoms with Crippen LogP contribution in [0, 0.1) is 5.92 Å². The van der Waals surface area contributed by atoms with Crippen LogP contribution in [0.3, 0.4) is 0 Å². The smallest absolute Gasteiger partial charge is 0.273 e. The summed E-state index contributed by atoms with van der Waals surface area (Å²) in [4.78, 5) is 4.86. The van der Waals surface area contributed by atoms with E-state index in [9.17, 15) is 0 Å². The molecule has 0 saturated carbocycles. The van der Waals surface area contributed by atoms with Gasteiger partial charge in [-0.25, -0.2) is 0 Å². The van der Waals surface area contributed by atoms with E-state index in [4.69, 9.17) is 28.2 Å². The Bertz CT molecular complexity index is 812. The van der Waals surface area contributed by atoms with Crippen molar-refractivity contribution < 1.29 is 4.57 Å². The number of halogens is 2. The zero-order valence-electron chi connectivity index (χ0n) is 11.8. The Hall–Kier alpha value is -1.12. The van der Waals surface area contributed by atoms with Gasteiger partial charge in [0.25, 0.3) is 0 Å². The van der Waals surface area contributed by atoms with Gasteiger partial charge in [-0.05, 0) is 36.1 Å². The Morgan fingerprint density at radius 1 is 1.30 bits per heavy atom. The molecule has 4 heteroatoms. The van der Waals surface area contributed by atoms with Crippen molar-refractivity contribution in [3.05, 3.63) is 39.0 Å². The van der Waals surface area contributed by atoms with Gasteiger partial charge in [-0.1, -0.05) is 31.5 Å². The van der Waals surface area contributed by atoms with Gasteiger partial charge in [0.05, 0.1) is 11.4 Å². The summed E-state index contributed by atoms with van der Waals surface area (Å²) >= 11 is 12.7. The molecule has 0 aliphatic carbocycles. The first-order valence-electron chi connectivity index (χ1n) is 6.89. The molecule has 104 valence electrons. The topological polar surface area (TPSA) is 16.2 Å². The summed E-state index contributed by atoms with van der Waals surface area (Å²) in [5.74, 6) is 0.415. The zero-order chi connectivity index (χ0) is 14.4. The number of aromatic nitrogens is 1. The van der Waals surface area contributed by atoms with Crippen LogP contribution < -0.4 is 15.1 Å². The van der Waals surface area contributed by atoms with Crippen molar-refractivity contribution in [2.45, 2.75) is 26.3 Å². The molecule has 0 bridgehead atoms. The summed E-state index contributed by atoms with van der Waals surface area (Å²) in [5, 5.41) is 4.55. The van der Waals surface area contributed by atoms with Crippen molar-refractivity contribution >= 4 is 40.2 Å². The average molecular weight is 308 g/mol. The van der Waals surface area contributed by atoms with Gasteiger partial charge in [-0.3, -0.25) is 4.99 Å². The lowest BCUT2D eigenvalue weighted by atomic mass is 9.95. The first kappa shape index (κ1) is 13.8. The number of benzene rings is 1. The van der Waals surface area contributed by atoms with Crippen molar-refractivity contribution in [1.29, 1.82) is 0 Å². The van der Waals surface area contributed by atoms with Crippen molar-refractivity contribution in [1.82, 2.24) is 0 Å². The number of fused-ring (bicyclic) bond motifs is 3. The Morgan fingerprint density at radius 2 is 2.05 bits per heavy atom. The van der Waals surface area contributed by atoms with Crippen LogP contribution in [0.5, 0.6) is 0 Å². The van der Waals surface area contributed by atoms with Crippen LogP contribution in [0.15, 0.2) is 23.2 Å². The molecule has 2 unspecified atom stereocenters. The maximum atomic E-state index is 6.52. The van der Waals surface area contributed by atoms with E-state index in [0.29, 0.717) is 17.1 Å². The molecule has 1 aliphatic rings. The fourth-order valence-corrected chi connectivity index (χ4v) is 3.35. The lowest BCUT2D eigenvalue weighted by molar-refractivity contribution is -0.643. The second-order valence-electron chi connectivity index (χ2n) is 5.40. The van der Waals surface area contributed by atoms with E-state index >= 15 is 0 Å². The summed E-state index contributed by atoms with van der Waals surface area (Å²) in [6.45, 7) is 4.37. The van der Waals surface area contributed by atoms with E-state index in [1.54, 1.807) is 0 Å². The SMILES string of the molecule is CCC1N=c2c(Cl)[n+](C)c3ccc(Cl)cc3c2=CC1C. The number of rotatable bonds is 1. The lowest BCUT2D eigenvalue weighted by Gasteiger charge is -2.19. The van der Waals surface area contributed by atoms with Gasteiger partial charge in [-0.15, -0.1) is 0 Å². The molecule has 2 aromatic rings. The third-order valence-corrected chi connectivity index (χ3v) is 4.77. The van der Waals surface area contributed by atoms with Crippen LogP contribution in [0.1, 0.15) is 20.3 Å². The minimum atomic E-state index is 0.302. The first-order chi connectivity index (χ1) is 9.52. The number of hydrogen-bond acceptors (Lipinski definition) is 1. The Balaban J connectivity index is 2.53. The van der Waals surface area contributed by atoms with Crippen LogP contribution in [0.2, 0.25) is 10.2 Å². The number of aryl methyl sites for hydroxylation is 1. The van der Waals surface area contributed by atoms with Crippen LogP contribution in [-0.4, -0.2) is 6.04 Å². The molecule has 1 aromatic carbocycles. The van der Waals surface area contributed by atoms with E-state index < -0.39 is 0 Å². The fourth-order valence-electron chi connectivity index (χ4n) is 2.93. The van der Waals surface area contributed by atoms with Gasteiger partial charge < -0.3 is 0 Å². The molecular formula is C16H17Cl2N2+. The molecule has 0 saturated heterocycles. The van der Waals surface area contributed by atoms with Crippen molar-refractivity contribution in [3.63, 3.8) is 0 Å². The number of pyridine rings is 1. The van der Waals surface area contributed by atoms with E-state index in [2.05, 4.69) is 19.9 Å². The highest BCUT2D eigenvalue weighted by Gasteiger charge is 2.22. The Kier molecular flexibility index (Phi) is 3.47. The molecule has 0 N–H and O–H groups in total. The van der Waals surface area contributed by atoms with Crippen molar-refractivity contribution in [2.24, 2.45) is 18.0 Å². The van der Waals surface area contributed by atoms with Gasteiger partial charge in [-0.2, -0.15) is 4.57 Å². The predicted molar refractivity (Wildman–Crippen MR) is 83.6 cm³/mol. The van der Waals surface area contributed by atoms with E-state index in [1.165, 1.54) is 0 Å². The Morgan fingerprint density at radius 3 is 2.75 bits per heavy atom. The van der Waals surface area contributed by atoms with E-state index in [-0.39, 0.29) is 0 Å². The molecule has 0 amide bonds. The highest BCUT2D eigenvalue weighted by molar-refractivity contribution is 6.31. The third-order valence-electron chi connectivity index (χ3n) is 4.10. The molecule has 3 rings (SSSR count). The van der Waals surface area contributed by atoms with Crippen LogP contribution >= 0.6 is 23.2 Å². The molecule has 1 aromatic heterocycles. The van der Waals surface area contributed by atoms with Crippen LogP contribution in [0.25, 0.3) is 17.0 Å². The van der Waals surface area contributed by atoms with Crippen molar-refractivity contribution in [2.75, 3.05) is 0 Å². The third kappa shape index (κ3) is 2.02. The summed E-state index contributed by atoms with van der Waals surface area (Å²) in [6.07, 6.45) is 3.30. The quantitative estimate of drug-likeness (QED) is 0.569. The van der Waals surface area contributed by atoms with Gasteiger partial charge in [0, 0.05) is 16.3 Å². The molecule has 2 atom stereocenters. The van der Waals surface area contributed by atoms with Crippen LogP contribution in [0.4, 0.5) is 0 Å². The van der Waals surface area contributed by atoms with Gasteiger partial charge in [0.15, 0.2) is 5.36 Å². The highest BCUT2D eigenvalue weighted by Crippen LogP contribution is 2.18. The molecule has 2 nitrogen and oxygen atoms in total. The van der Waals surface area contributed by atoms with E-state index in [1.807, 2.05) is 29.8 Å². The minimum absolute atomic E-state index is 0.302. The van der Waals surface area contributed by atoms with Gasteiger partial charge >= 0.3 is 5.15 Å². The maximum absolute atomic E-state index is 6.52. The van der Waals surface area contributed by atoms with Gasteiger partial charge in [0.2, 0.25) is 5.52 Å². The van der Waals surface area contributed by atoms with E-state index in [0.717, 1.165) is 32.9 Å². The first-order valence-corrected chi connectivity index (χ1v) is 7.65. The normalized spacial score (nSPS) is 21.2. The second-order valence-corrected chi connectivity index (χ2v) is 6.20. The molecule has 1 aliphatic heterocycles. The molecule has 2 heterocycles. The largest absolute Gasteiger partial charge is 0.301 e. The fraction of sp³-hybridized carbons (Fsp3) is 0.375. The molecule has 0 fully saturated rings. The molecular weight excluding hydrogens is 291 g/mol. The molecule has 0 radical (unpaired) electrons. The zero-order valence-corrected chi connectivity index (χ0v) is 13.3. The summed E-state index contributed by atoms with van der Waals surface area (Å²) in [7, 11) is 1.97. The summed E-state index contributed by atoms with van der Waals surface area (Å²) in [6, 6.07) is 6.20. The lowest BCUT2D eigenvalue weighted by Crippen LogP contribution is -2.46. The maximum Gasteiger partial charge on any atom is 0.301 e.